The Labute approximate surface area is 94.8 Å². The third-order valence-electron chi connectivity index (χ3n) is 3.27. The van der Waals surface area contributed by atoms with Crippen LogP contribution in [0.1, 0.15) is 19.3 Å². The number of halogens is 1. The van der Waals surface area contributed by atoms with Crippen molar-refractivity contribution < 1.29 is 9.13 Å². The van der Waals surface area contributed by atoms with Gasteiger partial charge in [0.05, 0.1) is 12.8 Å². The Hall–Kier alpha value is -1.29. The summed E-state index contributed by atoms with van der Waals surface area (Å²) in [7, 11) is 1.57. The Kier molecular flexibility index (Phi) is 3.01. The van der Waals surface area contributed by atoms with Gasteiger partial charge in [0.25, 0.3) is 0 Å². The van der Waals surface area contributed by atoms with Crippen molar-refractivity contribution in [3.63, 3.8) is 0 Å². The van der Waals surface area contributed by atoms with E-state index in [-0.39, 0.29) is 11.4 Å². The molecule has 1 aliphatic rings. The van der Waals surface area contributed by atoms with Crippen molar-refractivity contribution in [2.24, 2.45) is 5.73 Å². The fourth-order valence-electron chi connectivity index (χ4n) is 2.00. The number of benzene rings is 1. The summed E-state index contributed by atoms with van der Waals surface area (Å²) in [5.74, 6) is 0.385. The third kappa shape index (κ3) is 1.97. The summed E-state index contributed by atoms with van der Waals surface area (Å²) < 4.78 is 18.6. The predicted octanol–water partition coefficient (Wildman–Crippen LogP) is 2.13. The molecule has 0 amide bonds. The SMILES string of the molecule is COc1ccc(F)c(NC2(CN)CCC2)c1. The highest BCUT2D eigenvalue weighted by Crippen LogP contribution is 2.35. The molecule has 88 valence electrons. The fourth-order valence-corrected chi connectivity index (χ4v) is 2.00. The van der Waals surface area contributed by atoms with Crippen molar-refractivity contribution in [1.82, 2.24) is 0 Å². The Morgan fingerprint density at radius 3 is 2.75 bits per heavy atom. The zero-order valence-corrected chi connectivity index (χ0v) is 9.42. The van der Waals surface area contributed by atoms with Crippen molar-refractivity contribution in [2.45, 2.75) is 24.8 Å². The molecule has 3 N–H and O–H groups in total. The van der Waals surface area contributed by atoms with E-state index in [1.54, 1.807) is 19.2 Å². The second-order valence-corrected chi connectivity index (χ2v) is 4.31. The molecule has 0 saturated heterocycles. The van der Waals surface area contributed by atoms with Crippen LogP contribution in [0.4, 0.5) is 10.1 Å². The molecule has 1 aromatic rings. The first kappa shape index (κ1) is 11.2. The average Bonchev–Trinajstić information content (AvgIpc) is 2.26. The van der Waals surface area contributed by atoms with Crippen LogP contribution in [-0.2, 0) is 0 Å². The van der Waals surface area contributed by atoms with Crippen molar-refractivity contribution in [1.29, 1.82) is 0 Å². The van der Waals surface area contributed by atoms with Crippen LogP contribution in [0.25, 0.3) is 0 Å². The number of hydrogen-bond donors (Lipinski definition) is 2. The lowest BCUT2D eigenvalue weighted by molar-refractivity contribution is 0.286. The van der Waals surface area contributed by atoms with Gasteiger partial charge in [-0.2, -0.15) is 0 Å². The van der Waals surface area contributed by atoms with Gasteiger partial charge in [0.2, 0.25) is 0 Å². The molecule has 16 heavy (non-hydrogen) atoms. The van der Waals surface area contributed by atoms with Gasteiger partial charge in [0.1, 0.15) is 11.6 Å². The van der Waals surface area contributed by atoms with E-state index in [0.717, 1.165) is 19.3 Å². The van der Waals surface area contributed by atoms with Crippen LogP contribution in [0, 0.1) is 5.82 Å². The van der Waals surface area contributed by atoms with E-state index in [1.165, 1.54) is 6.07 Å². The number of nitrogens with one attached hydrogen (secondary N) is 1. The van der Waals surface area contributed by atoms with Crippen molar-refractivity contribution in [3.05, 3.63) is 24.0 Å². The summed E-state index contributed by atoms with van der Waals surface area (Å²) >= 11 is 0. The number of ether oxygens (including phenoxy) is 1. The molecule has 1 aromatic carbocycles. The van der Waals surface area contributed by atoms with E-state index in [9.17, 15) is 4.39 Å². The number of methoxy groups -OCH3 is 1. The molecular weight excluding hydrogens is 207 g/mol. The molecule has 0 aliphatic heterocycles. The standard InChI is InChI=1S/C12H17FN2O/c1-16-9-3-4-10(13)11(7-9)15-12(8-14)5-2-6-12/h3-4,7,15H,2,5-6,8,14H2,1H3. The van der Waals surface area contributed by atoms with Gasteiger partial charge in [-0.05, 0) is 31.4 Å². The molecule has 0 aromatic heterocycles. The maximum atomic E-state index is 13.6. The van der Waals surface area contributed by atoms with Crippen LogP contribution in [0.15, 0.2) is 18.2 Å². The average molecular weight is 224 g/mol. The zero-order valence-electron chi connectivity index (χ0n) is 9.42. The summed E-state index contributed by atoms with van der Waals surface area (Å²) in [5.41, 5.74) is 6.08. The monoisotopic (exact) mass is 224 g/mol. The highest BCUT2D eigenvalue weighted by Gasteiger charge is 2.35. The lowest BCUT2D eigenvalue weighted by Crippen LogP contribution is -2.51. The lowest BCUT2D eigenvalue weighted by Gasteiger charge is -2.42. The molecule has 0 atom stereocenters. The second kappa shape index (κ2) is 4.29. The fraction of sp³-hybridized carbons (Fsp3) is 0.500. The zero-order chi connectivity index (χ0) is 11.6. The van der Waals surface area contributed by atoms with E-state index < -0.39 is 0 Å². The first-order chi connectivity index (χ1) is 7.69. The van der Waals surface area contributed by atoms with E-state index in [4.69, 9.17) is 10.5 Å². The van der Waals surface area contributed by atoms with Crippen molar-refractivity contribution in [2.75, 3.05) is 19.0 Å². The van der Waals surface area contributed by atoms with E-state index in [0.29, 0.717) is 18.0 Å². The second-order valence-electron chi connectivity index (χ2n) is 4.31. The molecule has 1 aliphatic carbocycles. The minimum absolute atomic E-state index is 0.118. The van der Waals surface area contributed by atoms with Crippen LogP contribution in [-0.4, -0.2) is 19.2 Å². The summed E-state index contributed by atoms with van der Waals surface area (Å²) in [4.78, 5) is 0. The van der Waals surface area contributed by atoms with Crippen LogP contribution in [0.2, 0.25) is 0 Å². The van der Waals surface area contributed by atoms with E-state index in [1.807, 2.05) is 0 Å². The predicted molar refractivity (Wildman–Crippen MR) is 62.2 cm³/mol. The molecule has 4 heteroatoms. The summed E-state index contributed by atoms with van der Waals surface area (Å²) in [5, 5.41) is 3.20. The van der Waals surface area contributed by atoms with Crippen LogP contribution < -0.4 is 15.8 Å². The summed E-state index contributed by atoms with van der Waals surface area (Å²) in [6.07, 6.45) is 3.15. The Morgan fingerprint density at radius 2 is 2.25 bits per heavy atom. The van der Waals surface area contributed by atoms with Gasteiger partial charge in [-0.3, -0.25) is 0 Å². The first-order valence-electron chi connectivity index (χ1n) is 5.51. The molecule has 0 unspecified atom stereocenters. The Morgan fingerprint density at radius 1 is 1.50 bits per heavy atom. The van der Waals surface area contributed by atoms with Crippen LogP contribution in [0.3, 0.4) is 0 Å². The minimum atomic E-state index is -0.263. The van der Waals surface area contributed by atoms with Gasteiger partial charge < -0.3 is 15.8 Å². The molecule has 1 saturated carbocycles. The van der Waals surface area contributed by atoms with Gasteiger partial charge in [-0.15, -0.1) is 0 Å². The third-order valence-corrected chi connectivity index (χ3v) is 3.27. The normalized spacial score (nSPS) is 17.7. The number of hydrogen-bond acceptors (Lipinski definition) is 3. The highest BCUT2D eigenvalue weighted by molar-refractivity contribution is 5.52. The maximum absolute atomic E-state index is 13.6. The van der Waals surface area contributed by atoms with Gasteiger partial charge in [0, 0.05) is 18.2 Å². The first-order valence-corrected chi connectivity index (χ1v) is 5.51. The molecule has 3 nitrogen and oxygen atoms in total. The van der Waals surface area contributed by atoms with E-state index in [2.05, 4.69) is 5.32 Å². The minimum Gasteiger partial charge on any atom is -0.497 e. The van der Waals surface area contributed by atoms with Crippen LogP contribution in [0.5, 0.6) is 5.75 Å². The van der Waals surface area contributed by atoms with Crippen LogP contribution >= 0.6 is 0 Å². The summed E-state index contributed by atoms with van der Waals surface area (Å²) in [6.45, 7) is 0.531. The van der Waals surface area contributed by atoms with Crippen molar-refractivity contribution in [3.8, 4) is 5.75 Å². The largest absolute Gasteiger partial charge is 0.497 e. The number of nitrogens with two attached hydrogens (primary N) is 1. The molecule has 0 bridgehead atoms. The number of anilines is 1. The summed E-state index contributed by atoms with van der Waals surface area (Å²) in [6, 6.07) is 4.69. The quantitative estimate of drug-likeness (QED) is 0.823. The van der Waals surface area contributed by atoms with Gasteiger partial charge in [0.15, 0.2) is 0 Å². The smallest absolute Gasteiger partial charge is 0.146 e. The highest BCUT2D eigenvalue weighted by atomic mass is 19.1. The molecule has 1 fully saturated rings. The molecular formula is C12H17FN2O. The van der Waals surface area contributed by atoms with Gasteiger partial charge >= 0.3 is 0 Å². The Bertz CT molecular complexity index is 372. The molecule has 2 rings (SSSR count). The van der Waals surface area contributed by atoms with Crippen molar-refractivity contribution >= 4 is 5.69 Å². The van der Waals surface area contributed by atoms with Gasteiger partial charge in [-0.1, -0.05) is 0 Å². The maximum Gasteiger partial charge on any atom is 0.146 e. The lowest BCUT2D eigenvalue weighted by atomic mass is 9.76. The Balaban J connectivity index is 2.19. The molecule has 0 radical (unpaired) electrons. The topological polar surface area (TPSA) is 47.3 Å². The number of rotatable bonds is 4. The van der Waals surface area contributed by atoms with E-state index >= 15 is 0 Å². The van der Waals surface area contributed by atoms with Gasteiger partial charge in [-0.25, -0.2) is 4.39 Å². The molecule has 0 heterocycles. The molecule has 0 spiro atoms.